The lowest BCUT2D eigenvalue weighted by Crippen LogP contribution is -2.14. The van der Waals surface area contributed by atoms with Gasteiger partial charge in [0.25, 0.3) is 0 Å². The summed E-state index contributed by atoms with van der Waals surface area (Å²) >= 11 is 0. The van der Waals surface area contributed by atoms with Gasteiger partial charge in [-0.1, -0.05) is 18.2 Å². The molecule has 0 aliphatic heterocycles. The maximum atomic E-state index is 11.9. The summed E-state index contributed by atoms with van der Waals surface area (Å²) in [4.78, 5) is 23.6. The van der Waals surface area contributed by atoms with Crippen molar-refractivity contribution >= 4 is 11.9 Å². The Bertz CT molecular complexity index is 645. The van der Waals surface area contributed by atoms with Gasteiger partial charge in [0.15, 0.2) is 5.69 Å². The number of hydrogen-bond acceptors (Lipinski definition) is 5. The quantitative estimate of drug-likeness (QED) is 0.863. The maximum absolute atomic E-state index is 11.9. The van der Waals surface area contributed by atoms with Gasteiger partial charge in [0, 0.05) is 5.69 Å². The number of carbonyl (C=O) groups is 2. The molecule has 0 aliphatic rings. The number of hydrogen-bond donors (Lipinski definition) is 1. The third-order valence-electron chi connectivity index (χ3n) is 2.79. The number of benzene rings is 1. The van der Waals surface area contributed by atoms with Crippen molar-refractivity contribution in [3.8, 4) is 11.4 Å². The topological polar surface area (TPSA) is 77.8 Å². The number of nitrogens with zero attached hydrogens (tertiary/aromatic N) is 1. The van der Waals surface area contributed by atoms with E-state index in [1.54, 1.807) is 24.3 Å². The standard InChI is InChI=1S/C14H13NO5/c1-19-13(17)11-10(16)8-15(12(11)14(18)20-2)9-6-4-3-5-7-9/h3-8,16H,1-2H3. The number of methoxy groups -OCH3 is 2. The molecule has 20 heavy (non-hydrogen) atoms. The van der Waals surface area contributed by atoms with Crippen LogP contribution in [0.5, 0.6) is 5.75 Å². The number of esters is 2. The first-order chi connectivity index (χ1) is 9.60. The molecule has 2 aromatic rings. The molecule has 0 spiro atoms. The van der Waals surface area contributed by atoms with Crippen LogP contribution < -0.4 is 0 Å². The second-order valence-electron chi connectivity index (χ2n) is 3.93. The van der Waals surface area contributed by atoms with Crippen LogP contribution in [0.3, 0.4) is 0 Å². The summed E-state index contributed by atoms with van der Waals surface area (Å²) in [5, 5.41) is 9.89. The molecule has 0 radical (unpaired) electrons. The Labute approximate surface area is 115 Å². The highest BCUT2D eigenvalue weighted by atomic mass is 16.5. The lowest BCUT2D eigenvalue weighted by Gasteiger charge is -2.08. The monoisotopic (exact) mass is 275 g/mol. The number of carbonyl (C=O) groups excluding carboxylic acids is 2. The fourth-order valence-corrected chi connectivity index (χ4v) is 1.89. The zero-order chi connectivity index (χ0) is 14.7. The maximum Gasteiger partial charge on any atom is 0.356 e. The number of rotatable bonds is 3. The molecular formula is C14H13NO5. The number of aromatic nitrogens is 1. The molecular weight excluding hydrogens is 262 g/mol. The van der Waals surface area contributed by atoms with E-state index in [1.807, 2.05) is 6.07 Å². The molecule has 1 aromatic carbocycles. The van der Waals surface area contributed by atoms with Crippen molar-refractivity contribution in [3.63, 3.8) is 0 Å². The van der Waals surface area contributed by atoms with Gasteiger partial charge in [-0.2, -0.15) is 0 Å². The van der Waals surface area contributed by atoms with Crippen molar-refractivity contribution in [2.45, 2.75) is 0 Å². The number of ether oxygens (including phenoxy) is 2. The van der Waals surface area contributed by atoms with Gasteiger partial charge in [-0.15, -0.1) is 0 Å². The van der Waals surface area contributed by atoms with Gasteiger partial charge in [-0.3, -0.25) is 0 Å². The summed E-state index contributed by atoms with van der Waals surface area (Å²) in [6.07, 6.45) is 1.27. The van der Waals surface area contributed by atoms with Gasteiger partial charge in [0.1, 0.15) is 11.3 Å². The molecule has 0 saturated heterocycles. The molecule has 6 heteroatoms. The normalized spacial score (nSPS) is 10.1. The number of para-hydroxylation sites is 1. The van der Waals surface area contributed by atoms with Gasteiger partial charge < -0.3 is 19.1 Å². The van der Waals surface area contributed by atoms with E-state index in [1.165, 1.54) is 25.0 Å². The third-order valence-corrected chi connectivity index (χ3v) is 2.79. The van der Waals surface area contributed by atoms with Crippen LogP contribution in [0.1, 0.15) is 20.8 Å². The molecule has 0 bridgehead atoms. The zero-order valence-corrected chi connectivity index (χ0v) is 11.0. The van der Waals surface area contributed by atoms with E-state index in [0.717, 1.165) is 0 Å². The lowest BCUT2D eigenvalue weighted by atomic mass is 10.2. The molecule has 0 atom stereocenters. The molecule has 0 fully saturated rings. The number of aromatic hydroxyl groups is 1. The van der Waals surface area contributed by atoms with Crippen LogP contribution in [0.15, 0.2) is 36.5 Å². The van der Waals surface area contributed by atoms with Gasteiger partial charge in [0.05, 0.1) is 20.4 Å². The molecule has 0 aliphatic carbocycles. The minimum Gasteiger partial charge on any atom is -0.505 e. The van der Waals surface area contributed by atoms with Crippen LogP contribution in [0.4, 0.5) is 0 Å². The van der Waals surface area contributed by atoms with Crippen molar-refractivity contribution in [1.29, 1.82) is 0 Å². The van der Waals surface area contributed by atoms with E-state index in [-0.39, 0.29) is 17.0 Å². The van der Waals surface area contributed by atoms with Crippen molar-refractivity contribution < 1.29 is 24.2 Å². The largest absolute Gasteiger partial charge is 0.505 e. The highest BCUT2D eigenvalue weighted by Crippen LogP contribution is 2.28. The molecule has 104 valence electrons. The van der Waals surface area contributed by atoms with Crippen molar-refractivity contribution in [3.05, 3.63) is 47.8 Å². The summed E-state index contributed by atoms with van der Waals surface area (Å²) in [6.45, 7) is 0. The average Bonchev–Trinajstić information content (AvgIpc) is 2.84. The SMILES string of the molecule is COC(=O)c1c(O)cn(-c2ccccc2)c1C(=O)OC. The molecule has 2 rings (SSSR count). The fourth-order valence-electron chi connectivity index (χ4n) is 1.89. The molecule has 6 nitrogen and oxygen atoms in total. The van der Waals surface area contributed by atoms with Crippen LogP contribution in [0, 0.1) is 0 Å². The second-order valence-corrected chi connectivity index (χ2v) is 3.93. The van der Waals surface area contributed by atoms with E-state index in [0.29, 0.717) is 5.69 Å². The fraction of sp³-hybridized carbons (Fsp3) is 0.143. The first-order valence-electron chi connectivity index (χ1n) is 5.76. The summed E-state index contributed by atoms with van der Waals surface area (Å²) < 4.78 is 10.6. The summed E-state index contributed by atoms with van der Waals surface area (Å²) in [5.41, 5.74) is 0.310. The third kappa shape index (κ3) is 2.23. The van der Waals surface area contributed by atoms with E-state index in [2.05, 4.69) is 9.47 Å². The van der Waals surface area contributed by atoms with Crippen LogP contribution >= 0.6 is 0 Å². The minimum absolute atomic E-state index is 0.0805. The lowest BCUT2D eigenvalue weighted by molar-refractivity contribution is 0.0547. The van der Waals surface area contributed by atoms with E-state index in [4.69, 9.17) is 0 Å². The van der Waals surface area contributed by atoms with E-state index >= 15 is 0 Å². The Morgan fingerprint density at radius 2 is 1.65 bits per heavy atom. The predicted octanol–water partition coefficient (Wildman–Crippen LogP) is 1.76. The van der Waals surface area contributed by atoms with Crippen molar-refractivity contribution in [1.82, 2.24) is 4.57 Å². The van der Waals surface area contributed by atoms with Crippen molar-refractivity contribution in [2.75, 3.05) is 14.2 Å². The smallest absolute Gasteiger partial charge is 0.356 e. The molecule has 0 amide bonds. The highest BCUT2D eigenvalue weighted by molar-refractivity contribution is 6.04. The Kier molecular flexibility index (Phi) is 3.74. The molecule has 1 aromatic heterocycles. The predicted molar refractivity (Wildman–Crippen MR) is 70.1 cm³/mol. The van der Waals surface area contributed by atoms with Crippen LogP contribution in [-0.2, 0) is 9.47 Å². The average molecular weight is 275 g/mol. The van der Waals surface area contributed by atoms with Gasteiger partial charge in [0.2, 0.25) is 0 Å². The second kappa shape index (κ2) is 5.48. The zero-order valence-electron chi connectivity index (χ0n) is 11.0. The Morgan fingerprint density at radius 1 is 1.05 bits per heavy atom. The van der Waals surface area contributed by atoms with Gasteiger partial charge >= 0.3 is 11.9 Å². The Hall–Kier alpha value is -2.76. The van der Waals surface area contributed by atoms with E-state index in [9.17, 15) is 14.7 Å². The summed E-state index contributed by atoms with van der Waals surface area (Å²) in [7, 11) is 2.37. The van der Waals surface area contributed by atoms with Gasteiger partial charge in [-0.05, 0) is 12.1 Å². The van der Waals surface area contributed by atoms with Gasteiger partial charge in [-0.25, -0.2) is 9.59 Å². The van der Waals surface area contributed by atoms with Crippen LogP contribution in [0.25, 0.3) is 5.69 Å². The Morgan fingerprint density at radius 3 is 2.20 bits per heavy atom. The first kappa shape index (κ1) is 13.7. The molecule has 0 saturated carbocycles. The summed E-state index contributed by atoms with van der Waals surface area (Å²) in [5.74, 6) is -1.90. The molecule has 1 N–H and O–H groups in total. The first-order valence-corrected chi connectivity index (χ1v) is 5.76. The van der Waals surface area contributed by atoms with Crippen LogP contribution in [0.2, 0.25) is 0 Å². The molecule has 1 heterocycles. The van der Waals surface area contributed by atoms with Crippen molar-refractivity contribution in [2.24, 2.45) is 0 Å². The highest BCUT2D eigenvalue weighted by Gasteiger charge is 2.28. The van der Waals surface area contributed by atoms with Crippen LogP contribution in [-0.4, -0.2) is 35.8 Å². The Balaban J connectivity index is 2.70. The molecule has 0 unspecified atom stereocenters. The minimum atomic E-state index is -0.808. The summed E-state index contributed by atoms with van der Waals surface area (Å²) in [6, 6.07) is 8.81. The van der Waals surface area contributed by atoms with E-state index < -0.39 is 11.9 Å².